The van der Waals surface area contributed by atoms with Crippen molar-refractivity contribution < 1.29 is 9.53 Å². The minimum atomic E-state index is -0.0627. The molecule has 3 N–H and O–H groups in total. The topological polar surface area (TPSA) is 109 Å². The molecule has 2 aromatic heterocycles. The first-order valence-corrected chi connectivity index (χ1v) is 10.0. The number of aryl methyl sites for hydroxylation is 1. The number of nitrogens with zero attached hydrogens (tertiary/aromatic N) is 3. The second-order valence-electron chi connectivity index (χ2n) is 6.49. The first kappa shape index (κ1) is 19.9. The molecule has 148 valence electrons. The number of methoxy groups -OCH3 is 1. The summed E-state index contributed by atoms with van der Waals surface area (Å²) >= 11 is 1.29. The smallest absolute Gasteiger partial charge is 0.230 e. The predicted molar refractivity (Wildman–Crippen MR) is 109 cm³/mol. The Morgan fingerprint density at radius 3 is 2.75 bits per heavy atom. The maximum Gasteiger partial charge on any atom is 0.230 e. The van der Waals surface area contributed by atoms with Crippen LogP contribution in [0.4, 0.5) is 0 Å². The molecule has 0 aliphatic heterocycles. The van der Waals surface area contributed by atoms with E-state index < -0.39 is 0 Å². The fourth-order valence-electron chi connectivity index (χ4n) is 2.75. The zero-order valence-electron chi connectivity index (χ0n) is 16.4. The van der Waals surface area contributed by atoms with Crippen molar-refractivity contribution in [1.82, 2.24) is 25.1 Å². The Balaban J connectivity index is 2.02. The number of hydrogen-bond donors (Lipinski definition) is 3. The first-order valence-electron chi connectivity index (χ1n) is 9.03. The summed E-state index contributed by atoms with van der Waals surface area (Å²) in [6.07, 6.45) is 0.871. The summed E-state index contributed by atoms with van der Waals surface area (Å²) < 4.78 is 6.95. The van der Waals surface area contributed by atoms with E-state index in [0.29, 0.717) is 16.2 Å². The molecular weight excluding hydrogens is 376 g/mol. The van der Waals surface area contributed by atoms with E-state index in [1.54, 1.807) is 11.7 Å². The molecule has 2 heterocycles. The van der Waals surface area contributed by atoms with Gasteiger partial charge in [-0.15, -0.1) is 0 Å². The molecule has 0 bridgehead atoms. The number of carbonyl (C=O) groups is 1. The van der Waals surface area contributed by atoms with Gasteiger partial charge in [-0.25, -0.2) is 4.98 Å². The van der Waals surface area contributed by atoms with Gasteiger partial charge >= 0.3 is 0 Å². The van der Waals surface area contributed by atoms with Gasteiger partial charge in [-0.3, -0.25) is 19.9 Å². The van der Waals surface area contributed by atoms with Gasteiger partial charge in [-0.2, -0.15) is 5.10 Å². The molecule has 0 saturated carbocycles. The largest absolute Gasteiger partial charge is 0.497 e. The Hall–Kier alpha value is -2.81. The lowest BCUT2D eigenvalue weighted by molar-refractivity contribution is -0.119. The Bertz CT molecular complexity index is 1040. The van der Waals surface area contributed by atoms with Crippen molar-refractivity contribution >= 4 is 28.7 Å². The molecule has 0 aliphatic carbocycles. The second kappa shape index (κ2) is 8.47. The molecule has 8 nitrogen and oxygen atoms in total. The van der Waals surface area contributed by atoms with Crippen LogP contribution in [0.1, 0.15) is 26.0 Å². The highest BCUT2D eigenvalue weighted by molar-refractivity contribution is 7.99. The van der Waals surface area contributed by atoms with Gasteiger partial charge in [0, 0.05) is 17.4 Å². The third-order valence-corrected chi connectivity index (χ3v) is 5.40. The molecule has 28 heavy (non-hydrogen) atoms. The molecule has 0 spiro atoms. The number of hydrogen-bond acceptors (Lipinski definition) is 6. The van der Waals surface area contributed by atoms with E-state index in [0.717, 1.165) is 23.6 Å². The average molecular weight is 401 g/mol. The maximum absolute atomic E-state index is 12.2. The number of ether oxygens (including phenoxy) is 1. The molecule has 3 rings (SSSR count). The third kappa shape index (κ3) is 4.04. The molecule has 0 fully saturated rings. The normalized spacial score (nSPS) is 12.1. The molecule has 9 heteroatoms. The van der Waals surface area contributed by atoms with Crippen LogP contribution in [0.2, 0.25) is 0 Å². The Morgan fingerprint density at radius 1 is 1.39 bits per heavy atom. The maximum atomic E-state index is 12.2. The van der Waals surface area contributed by atoms with E-state index in [-0.39, 0.29) is 23.2 Å². The quantitative estimate of drug-likeness (QED) is 0.417. The van der Waals surface area contributed by atoms with Crippen LogP contribution in [0.25, 0.3) is 16.7 Å². The Morgan fingerprint density at radius 2 is 2.11 bits per heavy atom. The first-order chi connectivity index (χ1) is 13.4. The third-order valence-electron chi connectivity index (χ3n) is 4.46. The van der Waals surface area contributed by atoms with Crippen LogP contribution in [-0.2, 0) is 4.79 Å². The fourth-order valence-corrected chi connectivity index (χ4v) is 3.57. The number of aromatic nitrogens is 4. The molecule has 1 amide bonds. The van der Waals surface area contributed by atoms with E-state index in [2.05, 4.69) is 20.5 Å². The zero-order chi connectivity index (χ0) is 20.3. The molecular formula is C19H24N6O2S. The van der Waals surface area contributed by atoms with Crippen molar-refractivity contribution in [3.8, 4) is 11.4 Å². The summed E-state index contributed by atoms with van der Waals surface area (Å²) in [6, 6.07) is 7.51. The highest BCUT2D eigenvalue weighted by Crippen LogP contribution is 2.23. The fraction of sp³-hybridized carbons (Fsp3) is 0.368. The van der Waals surface area contributed by atoms with E-state index >= 15 is 0 Å². The van der Waals surface area contributed by atoms with E-state index in [1.807, 2.05) is 45.0 Å². The number of carbonyl (C=O) groups excluding carboxylic acids is 1. The number of H-pyrrole nitrogens is 1. The van der Waals surface area contributed by atoms with Crippen LogP contribution in [0.15, 0.2) is 29.4 Å². The summed E-state index contributed by atoms with van der Waals surface area (Å²) in [5.41, 5.74) is 2.29. The van der Waals surface area contributed by atoms with Gasteiger partial charge in [0.05, 0.1) is 18.2 Å². The highest BCUT2D eigenvalue weighted by atomic mass is 32.2. The van der Waals surface area contributed by atoms with Crippen LogP contribution < -0.4 is 15.5 Å². The van der Waals surface area contributed by atoms with Crippen molar-refractivity contribution in [2.45, 2.75) is 38.4 Å². The number of amides is 1. The van der Waals surface area contributed by atoms with Crippen molar-refractivity contribution in [3.05, 3.63) is 35.4 Å². The van der Waals surface area contributed by atoms with Crippen LogP contribution in [-0.4, -0.2) is 44.6 Å². The van der Waals surface area contributed by atoms with E-state index in [4.69, 9.17) is 10.1 Å². The number of aromatic amines is 1. The van der Waals surface area contributed by atoms with Crippen molar-refractivity contribution in [2.75, 3.05) is 12.9 Å². The Kier molecular flexibility index (Phi) is 6.03. The summed E-state index contributed by atoms with van der Waals surface area (Å²) in [5.74, 6) is 0.876. The average Bonchev–Trinajstić information content (AvgIpc) is 3.07. The molecule has 0 radical (unpaired) electrons. The van der Waals surface area contributed by atoms with Gasteiger partial charge in [0.1, 0.15) is 11.2 Å². The standard InChI is InChI=1S/C19H24N6O2S/c1-5-11(2)21-15(26)10-28-19-22-18-16(12(3)23-24-18)17(20)25(19)13-6-8-14(27-4)9-7-13/h6-9,11,20H,5,10H2,1-4H3,(H,21,26)(H,23,24). The highest BCUT2D eigenvalue weighted by Gasteiger charge is 2.16. The van der Waals surface area contributed by atoms with Gasteiger partial charge in [0.25, 0.3) is 0 Å². The van der Waals surface area contributed by atoms with Crippen molar-refractivity contribution in [3.63, 3.8) is 0 Å². The molecule has 1 unspecified atom stereocenters. The van der Waals surface area contributed by atoms with Crippen LogP contribution in [0.5, 0.6) is 5.75 Å². The number of rotatable bonds is 7. The molecule has 3 aromatic rings. The summed E-state index contributed by atoms with van der Waals surface area (Å²) in [4.78, 5) is 16.8. The molecule has 0 aliphatic rings. The second-order valence-corrected chi connectivity index (χ2v) is 7.43. The van der Waals surface area contributed by atoms with Crippen LogP contribution in [0, 0.1) is 12.3 Å². The lowest BCUT2D eigenvalue weighted by Gasteiger charge is -2.15. The van der Waals surface area contributed by atoms with Crippen molar-refractivity contribution in [1.29, 1.82) is 5.41 Å². The molecule has 0 saturated heterocycles. The van der Waals surface area contributed by atoms with Gasteiger partial charge in [-0.1, -0.05) is 18.7 Å². The number of thioether (sulfide) groups is 1. The predicted octanol–water partition coefficient (Wildman–Crippen LogP) is 2.55. The number of nitrogens with one attached hydrogen (secondary N) is 3. The minimum Gasteiger partial charge on any atom is -0.497 e. The number of benzene rings is 1. The van der Waals surface area contributed by atoms with Gasteiger partial charge in [0.2, 0.25) is 5.91 Å². The molecule has 1 aromatic carbocycles. The van der Waals surface area contributed by atoms with Gasteiger partial charge in [0.15, 0.2) is 10.8 Å². The van der Waals surface area contributed by atoms with E-state index in [1.165, 1.54) is 11.8 Å². The van der Waals surface area contributed by atoms with Gasteiger partial charge < -0.3 is 10.1 Å². The lowest BCUT2D eigenvalue weighted by Crippen LogP contribution is -2.33. The zero-order valence-corrected chi connectivity index (χ0v) is 17.2. The van der Waals surface area contributed by atoms with Gasteiger partial charge in [-0.05, 0) is 44.5 Å². The number of fused-ring (bicyclic) bond motifs is 1. The van der Waals surface area contributed by atoms with Crippen molar-refractivity contribution in [2.24, 2.45) is 0 Å². The minimum absolute atomic E-state index is 0.0627. The summed E-state index contributed by atoms with van der Waals surface area (Å²) in [5, 5.41) is 19.9. The lowest BCUT2D eigenvalue weighted by atomic mass is 10.2. The molecule has 1 atom stereocenters. The summed E-state index contributed by atoms with van der Waals surface area (Å²) in [7, 11) is 1.61. The van der Waals surface area contributed by atoms with E-state index in [9.17, 15) is 4.79 Å². The monoisotopic (exact) mass is 400 g/mol. The Labute approximate surface area is 167 Å². The van der Waals surface area contributed by atoms with Crippen LogP contribution >= 0.6 is 11.8 Å². The summed E-state index contributed by atoms with van der Waals surface area (Å²) in [6.45, 7) is 5.86. The van der Waals surface area contributed by atoms with Crippen LogP contribution in [0.3, 0.4) is 0 Å². The SMILES string of the molecule is CCC(C)NC(=O)CSc1nc2n[nH]c(C)c2c(=N)n1-c1ccc(OC)cc1.